The molecule has 1 amide bonds. The third-order valence-electron chi connectivity index (χ3n) is 5.40. The van der Waals surface area contributed by atoms with E-state index in [1.54, 1.807) is 24.0 Å². The van der Waals surface area contributed by atoms with Crippen molar-refractivity contribution >= 4 is 34.6 Å². The molecule has 2 aromatic carbocycles. The van der Waals surface area contributed by atoms with E-state index in [1.807, 2.05) is 43.5 Å². The van der Waals surface area contributed by atoms with E-state index in [1.165, 1.54) is 0 Å². The summed E-state index contributed by atoms with van der Waals surface area (Å²) in [5.74, 6) is -0.350. The fourth-order valence-corrected chi connectivity index (χ4v) is 4.11. The lowest BCUT2D eigenvalue weighted by Gasteiger charge is -2.21. The van der Waals surface area contributed by atoms with E-state index >= 15 is 0 Å². The zero-order valence-electron chi connectivity index (χ0n) is 16.9. The van der Waals surface area contributed by atoms with Gasteiger partial charge in [0, 0.05) is 22.6 Å². The van der Waals surface area contributed by atoms with Crippen LogP contribution in [-0.2, 0) is 15.9 Å². The molecule has 2 heterocycles. The van der Waals surface area contributed by atoms with Crippen LogP contribution in [0.4, 0.5) is 4.79 Å². The molecule has 0 bridgehead atoms. The number of cyclic esters (lactones) is 1. The summed E-state index contributed by atoms with van der Waals surface area (Å²) in [6, 6.07) is 12.9. The normalized spacial score (nSPS) is 17.2. The molecule has 4 rings (SSSR count). The third-order valence-corrected chi connectivity index (χ3v) is 5.64. The van der Waals surface area contributed by atoms with E-state index in [0.29, 0.717) is 30.2 Å². The summed E-state index contributed by atoms with van der Waals surface area (Å²) in [4.78, 5) is 29.6. The number of aromatic nitrogens is 1. The van der Waals surface area contributed by atoms with Crippen LogP contribution in [-0.4, -0.2) is 41.1 Å². The Hall–Kier alpha value is -2.99. The number of esters is 1. The molecule has 0 saturated carbocycles. The van der Waals surface area contributed by atoms with E-state index in [2.05, 4.69) is 4.98 Å². The highest BCUT2D eigenvalue weighted by Crippen LogP contribution is 2.31. The number of halogens is 1. The summed E-state index contributed by atoms with van der Waals surface area (Å²) >= 11 is 6.07. The molecule has 0 unspecified atom stereocenters. The van der Waals surface area contributed by atoms with Crippen LogP contribution in [0.3, 0.4) is 0 Å². The van der Waals surface area contributed by atoms with E-state index in [0.717, 1.165) is 22.0 Å². The Balaban J connectivity index is 1.52. The maximum absolute atomic E-state index is 12.5. The minimum absolute atomic E-state index is 0.0769. The lowest BCUT2D eigenvalue weighted by molar-refractivity contribution is 0.0528. The molecule has 2 atom stereocenters. The van der Waals surface area contributed by atoms with Crippen LogP contribution < -0.4 is 0 Å². The molecule has 1 aliphatic rings. The number of H-pyrrole nitrogens is 1. The molecule has 0 radical (unpaired) electrons. The van der Waals surface area contributed by atoms with Crippen molar-refractivity contribution in [3.8, 4) is 0 Å². The maximum atomic E-state index is 12.5. The topological polar surface area (TPSA) is 71.6 Å². The predicted molar refractivity (Wildman–Crippen MR) is 115 cm³/mol. The first-order valence-corrected chi connectivity index (χ1v) is 10.3. The number of hydrogen-bond donors (Lipinski definition) is 1. The molecule has 0 spiro atoms. The van der Waals surface area contributed by atoms with Gasteiger partial charge in [0.25, 0.3) is 0 Å². The zero-order valence-corrected chi connectivity index (χ0v) is 17.6. The van der Waals surface area contributed by atoms with Gasteiger partial charge in [-0.2, -0.15) is 0 Å². The molecule has 3 aromatic rings. The van der Waals surface area contributed by atoms with Gasteiger partial charge in [-0.05, 0) is 49.6 Å². The van der Waals surface area contributed by atoms with Gasteiger partial charge in [-0.1, -0.05) is 35.9 Å². The number of nitrogens with zero attached hydrogens (tertiary/aromatic N) is 1. The Morgan fingerprint density at radius 1 is 1.33 bits per heavy atom. The number of carbonyl (C=O) groups is 2. The van der Waals surface area contributed by atoms with E-state index in [4.69, 9.17) is 21.1 Å². The third kappa shape index (κ3) is 3.87. The molecule has 1 N–H and O–H groups in total. The average Bonchev–Trinajstić information content (AvgIpc) is 3.32. The Morgan fingerprint density at radius 3 is 2.90 bits per heavy atom. The highest BCUT2D eigenvalue weighted by Gasteiger charge is 2.35. The Bertz CT molecular complexity index is 1090. The lowest BCUT2D eigenvalue weighted by atomic mass is 10.0. The van der Waals surface area contributed by atoms with Gasteiger partial charge in [-0.3, -0.25) is 0 Å². The van der Waals surface area contributed by atoms with Crippen LogP contribution in [0.15, 0.2) is 48.7 Å². The molecule has 30 heavy (non-hydrogen) atoms. The van der Waals surface area contributed by atoms with E-state index in [-0.39, 0.29) is 24.2 Å². The first-order valence-electron chi connectivity index (χ1n) is 9.96. The highest BCUT2D eigenvalue weighted by molar-refractivity contribution is 6.30. The highest BCUT2D eigenvalue weighted by atomic mass is 35.5. The van der Waals surface area contributed by atoms with Gasteiger partial charge in [-0.25, -0.2) is 9.59 Å². The molecule has 1 aliphatic heterocycles. The van der Waals surface area contributed by atoms with Crippen LogP contribution in [0.25, 0.3) is 10.9 Å². The Labute approximate surface area is 179 Å². The van der Waals surface area contributed by atoms with Crippen molar-refractivity contribution < 1.29 is 19.1 Å². The largest absolute Gasteiger partial charge is 0.462 e. The fourth-order valence-electron chi connectivity index (χ4n) is 3.91. The first kappa shape index (κ1) is 20.3. The number of rotatable bonds is 6. The second kappa shape index (κ2) is 8.40. The van der Waals surface area contributed by atoms with Crippen molar-refractivity contribution in [3.05, 3.63) is 70.4 Å². The van der Waals surface area contributed by atoms with Gasteiger partial charge >= 0.3 is 12.1 Å². The second-order valence-corrected chi connectivity index (χ2v) is 7.83. The summed E-state index contributed by atoms with van der Waals surface area (Å²) in [5, 5.41) is 1.57. The number of para-hydroxylation sites is 1. The van der Waals surface area contributed by atoms with Gasteiger partial charge in [0.1, 0.15) is 6.10 Å². The van der Waals surface area contributed by atoms with Gasteiger partial charge in [0.2, 0.25) is 0 Å². The number of hydrogen-bond acceptors (Lipinski definition) is 4. The van der Waals surface area contributed by atoms with Crippen molar-refractivity contribution in [1.82, 2.24) is 9.88 Å². The van der Waals surface area contributed by atoms with Crippen LogP contribution in [0.2, 0.25) is 5.02 Å². The number of nitrogens with one attached hydrogen (secondary N) is 1. The number of benzene rings is 2. The molecule has 1 fully saturated rings. The Kier molecular flexibility index (Phi) is 5.68. The van der Waals surface area contributed by atoms with Crippen molar-refractivity contribution in [2.24, 2.45) is 0 Å². The van der Waals surface area contributed by atoms with E-state index in [9.17, 15) is 9.59 Å². The van der Waals surface area contributed by atoms with Crippen LogP contribution in [0, 0.1) is 0 Å². The number of amides is 1. The van der Waals surface area contributed by atoms with Crippen molar-refractivity contribution in [2.45, 2.75) is 32.4 Å². The number of aromatic amines is 1. The van der Waals surface area contributed by atoms with Gasteiger partial charge in [-0.15, -0.1) is 0 Å². The summed E-state index contributed by atoms with van der Waals surface area (Å²) in [6.07, 6.45) is 1.85. The Morgan fingerprint density at radius 2 is 2.13 bits per heavy atom. The molecule has 1 saturated heterocycles. The molecular formula is C23H23ClN2O4. The second-order valence-electron chi connectivity index (χ2n) is 7.40. The molecule has 156 valence electrons. The van der Waals surface area contributed by atoms with Gasteiger partial charge in [0.05, 0.1) is 24.2 Å². The standard InChI is InChI=1S/C23H23ClN2O4/c1-3-29-22(27)19-9-5-8-18-16(12-25-21(18)19)10-14(2)26-13-20(30-23(26)28)15-6-4-7-17(24)11-15/h4-9,11-12,14,20,25H,3,10,13H2,1-2H3/t14-,20+/m1/s1. The lowest BCUT2D eigenvalue weighted by Crippen LogP contribution is -2.35. The SMILES string of the molecule is CCOC(=O)c1cccc2c(C[C@@H](C)N3C[C@@H](c4cccc(Cl)c4)OC3=O)c[nH]c12. The summed E-state index contributed by atoms with van der Waals surface area (Å²) in [5.41, 5.74) is 3.17. The minimum Gasteiger partial charge on any atom is -0.462 e. The summed E-state index contributed by atoms with van der Waals surface area (Å²) in [7, 11) is 0. The van der Waals surface area contributed by atoms with Crippen LogP contribution >= 0.6 is 11.6 Å². The molecule has 0 aliphatic carbocycles. The summed E-state index contributed by atoms with van der Waals surface area (Å²) in [6.45, 7) is 4.57. The summed E-state index contributed by atoms with van der Waals surface area (Å²) < 4.78 is 10.7. The molecular weight excluding hydrogens is 404 g/mol. The molecule has 1 aromatic heterocycles. The smallest absolute Gasteiger partial charge is 0.410 e. The van der Waals surface area contributed by atoms with Gasteiger partial charge < -0.3 is 19.4 Å². The number of ether oxygens (including phenoxy) is 2. The van der Waals surface area contributed by atoms with Crippen molar-refractivity contribution in [2.75, 3.05) is 13.2 Å². The van der Waals surface area contributed by atoms with E-state index < -0.39 is 0 Å². The maximum Gasteiger partial charge on any atom is 0.410 e. The van der Waals surface area contributed by atoms with Gasteiger partial charge in [0.15, 0.2) is 0 Å². The average molecular weight is 427 g/mol. The molecule has 6 nitrogen and oxygen atoms in total. The predicted octanol–water partition coefficient (Wildman–Crippen LogP) is 5.12. The molecule has 7 heteroatoms. The van der Waals surface area contributed by atoms with Crippen molar-refractivity contribution in [3.63, 3.8) is 0 Å². The number of carbonyl (C=O) groups excluding carboxylic acids is 2. The first-order chi connectivity index (χ1) is 14.5. The number of fused-ring (bicyclic) bond motifs is 1. The minimum atomic E-state index is -0.350. The zero-order chi connectivity index (χ0) is 21.3. The quantitative estimate of drug-likeness (QED) is 0.555. The van der Waals surface area contributed by atoms with Crippen molar-refractivity contribution in [1.29, 1.82) is 0 Å². The monoisotopic (exact) mass is 426 g/mol. The van der Waals surface area contributed by atoms with Crippen LogP contribution in [0.5, 0.6) is 0 Å². The fraction of sp³-hybridized carbons (Fsp3) is 0.304. The van der Waals surface area contributed by atoms with Crippen LogP contribution in [0.1, 0.15) is 41.4 Å².